The Morgan fingerprint density at radius 1 is 1.19 bits per heavy atom. The molecule has 0 amide bonds. The lowest BCUT2D eigenvalue weighted by Gasteiger charge is -2.16. The molecular weight excluding hydrogens is 340 g/mol. The Morgan fingerprint density at radius 2 is 2.04 bits per heavy atom. The highest BCUT2D eigenvalue weighted by Crippen LogP contribution is 2.23. The minimum atomic E-state index is 0.577. The fourth-order valence-corrected chi connectivity index (χ4v) is 3.55. The number of aromatic nitrogens is 4. The number of fused-ring (bicyclic) bond motifs is 1. The van der Waals surface area contributed by atoms with Gasteiger partial charge in [0.15, 0.2) is 0 Å². The normalized spacial score (nSPS) is 14.4. The lowest BCUT2D eigenvalue weighted by atomic mass is 10.2. The zero-order valence-electron chi connectivity index (χ0n) is 16.0. The molecular formula is C20H26N6O. The van der Waals surface area contributed by atoms with Crippen molar-refractivity contribution < 1.29 is 4.52 Å². The highest BCUT2D eigenvalue weighted by atomic mass is 16.5. The average Bonchev–Trinajstić information content (AvgIpc) is 3.25. The van der Waals surface area contributed by atoms with Crippen LogP contribution in [0.2, 0.25) is 0 Å². The van der Waals surface area contributed by atoms with E-state index in [4.69, 9.17) is 9.62 Å². The van der Waals surface area contributed by atoms with Crippen molar-refractivity contribution in [2.24, 2.45) is 0 Å². The van der Waals surface area contributed by atoms with Gasteiger partial charge in [0.1, 0.15) is 0 Å². The third-order valence-corrected chi connectivity index (χ3v) is 4.82. The number of anilines is 1. The minimum absolute atomic E-state index is 0.577. The van der Waals surface area contributed by atoms with Crippen molar-refractivity contribution in [2.75, 3.05) is 25.0 Å². The Labute approximate surface area is 159 Å². The highest BCUT2D eigenvalue weighted by Gasteiger charge is 2.21. The standard InChI is InChI=1S/C20H26N6O/c1-3-10-24(2)14-17-13-18-15-25(11-7-12-26(18)22-17)20-21-19(23-27-20)16-8-5-4-6-9-16/h4-6,8-9,13H,3,7,10-12,14-15H2,1-2H3. The number of rotatable bonds is 6. The summed E-state index contributed by atoms with van der Waals surface area (Å²) in [6.45, 7) is 6.70. The molecule has 0 saturated carbocycles. The molecule has 0 bridgehead atoms. The van der Waals surface area contributed by atoms with E-state index in [9.17, 15) is 0 Å². The second-order valence-electron chi connectivity index (χ2n) is 7.13. The summed E-state index contributed by atoms with van der Waals surface area (Å²) in [5, 5.41) is 8.95. The summed E-state index contributed by atoms with van der Waals surface area (Å²) in [6.07, 6.45) is 2.15. The molecule has 0 N–H and O–H groups in total. The van der Waals surface area contributed by atoms with Gasteiger partial charge in [0.25, 0.3) is 0 Å². The van der Waals surface area contributed by atoms with Gasteiger partial charge in [-0.3, -0.25) is 4.68 Å². The van der Waals surface area contributed by atoms with Gasteiger partial charge < -0.3 is 14.3 Å². The fourth-order valence-electron chi connectivity index (χ4n) is 3.55. The Kier molecular flexibility index (Phi) is 5.20. The maximum Gasteiger partial charge on any atom is 0.324 e. The first-order chi connectivity index (χ1) is 13.2. The number of benzene rings is 1. The first kappa shape index (κ1) is 17.7. The molecule has 142 valence electrons. The monoisotopic (exact) mass is 366 g/mol. The zero-order valence-corrected chi connectivity index (χ0v) is 16.0. The summed E-state index contributed by atoms with van der Waals surface area (Å²) in [7, 11) is 2.14. The minimum Gasteiger partial charge on any atom is -0.318 e. The van der Waals surface area contributed by atoms with Gasteiger partial charge in [-0.05, 0) is 32.5 Å². The van der Waals surface area contributed by atoms with Gasteiger partial charge >= 0.3 is 6.01 Å². The van der Waals surface area contributed by atoms with Crippen LogP contribution in [0.1, 0.15) is 31.2 Å². The van der Waals surface area contributed by atoms with Gasteiger partial charge in [0.05, 0.1) is 17.9 Å². The van der Waals surface area contributed by atoms with Gasteiger partial charge in [0, 0.05) is 25.2 Å². The molecule has 0 saturated heterocycles. The molecule has 0 fully saturated rings. The summed E-state index contributed by atoms with van der Waals surface area (Å²) in [5.41, 5.74) is 3.29. The first-order valence-corrected chi connectivity index (χ1v) is 9.61. The molecule has 0 aliphatic carbocycles. The Bertz CT molecular complexity index is 872. The van der Waals surface area contributed by atoms with E-state index in [0.717, 1.165) is 56.8 Å². The lowest BCUT2D eigenvalue weighted by Crippen LogP contribution is -2.22. The smallest absolute Gasteiger partial charge is 0.318 e. The van der Waals surface area contributed by atoms with Crippen LogP contribution in [0.3, 0.4) is 0 Å². The molecule has 0 radical (unpaired) electrons. The molecule has 0 atom stereocenters. The van der Waals surface area contributed by atoms with Gasteiger partial charge in [0.2, 0.25) is 5.82 Å². The topological polar surface area (TPSA) is 63.2 Å². The van der Waals surface area contributed by atoms with Crippen LogP contribution in [0.4, 0.5) is 6.01 Å². The van der Waals surface area contributed by atoms with Crippen molar-refractivity contribution in [3.63, 3.8) is 0 Å². The second-order valence-corrected chi connectivity index (χ2v) is 7.13. The summed E-state index contributed by atoms with van der Waals surface area (Å²) in [6, 6.07) is 12.7. The quantitative estimate of drug-likeness (QED) is 0.668. The molecule has 0 unspecified atom stereocenters. The van der Waals surface area contributed by atoms with Crippen LogP contribution < -0.4 is 4.90 Å². The predicted molar refractivity (Wildman–Crippen MR) is 104 cm³/mol. The zero-order chi connectivity index (χ0) is 18.6. The Hall–Kier alpha value is -2.67. The van der Waals surface area contributed by atoms with Crippen molar-refractivity contribution in [1.82, 2.24) is 24.8 Å². The molecule has 7 nitrogen and oxygen atoms in total. The largest absolute Gasteiger partial charge is 0.324 e. The molecule has 1 aromatic carbocycles. The number of nitrogens with zero attached hydrogens (tertiary/aromatic N) is 6. The molecule has 2 aromatic heterocycles. The van der Waals surface area contributed by atoms with Crippen LogP contribution in [0.15, 0.2) is 40.9 Å². The summed E-state index contributed by atoms with van der Waals surface area (Å²) >= 11 is 0. The van der Waals surface area contributed by atoms with Crippen LogP contribution in [0.5, 0.6) is 0 Å². The van der Waals surface area contributed by atoms with Crippen molar-refractivity contribution in [3.05, 3.63) is 47.8 Å². The lowest BCUT2D eigenvalue weighted by molar-refractivity contribution is 0.322. The Balaban J connectivity index is 1.50. The van der Waals surface area contributed by atoms with E-state index in [1.165, 1.54) is 5.69 Å². The SMILES string of the molecule is CCCN(C)Cc1cc2n(n1)CCCN(c1nc(-c3ccccc3)no1)C2. The fraction of sp³-hybridized carbons (Fsp3) is 0.450. The average molecular weight is 366 g/mol. The molecule has 7 heteroatoms. The second kappa shape index (κ2) is 7.92. The van der Waals surface area contributed by atoms with Crippen LogP contribution in [-0.2, 0) is 19.6 Å². The molecule has 4 rings (SSSR count). The molecule has 27 heavy (non-hydrogen) atoms. The van der Waals surface area contributed by atoms with Gasteiger partial charge in [-0.1, -0.05) is 42.4 Å². The van der Waals surface area contributed by atoms with Crippen molar-refractivity contribution in [2.45, 2.75) is 39.4 Å². The molecule has 0 spiro atoms. The van der Waals surface area contributed by atoms with E-state index in [1.54, 1.807) is 0 Å². The van der Waals surface area contributed by atoms with E-state index >= 15 is 0 Å². The molecule has 1 aliphatic heterocycles. The Morgan fingerprint density at radius 3 is 2.85 bits per heavy atom. The third-order valence-electron chi connectivity index (χ3n) is 4.82. The van der Waals surface area contributed by atoms with Gasteiger partial charge in [-0.2, -0.15) is 10.1 Å². The molecule has 1 aliphatic rings. The van der Waals surface area contributed by atoms with Crippen LogP contribution in [0, 0.1) is 0 Å². The summed E-state index contributed by atoms with van der Waals surface area (Å²) < 4.78 is 7.69. The van der Waals surface area contributed by atoms with Crippen molar-refractivity contribution in [3.8, 4) is 11.4 Å². The number of hydrogen-bond donors (Lipinski definition) is 0. The van der Waals surface area contributed by atoms with Crippen molar-refractivity contribution in [1.29, 1.82) is 0 Å². The van der Waals surface area contributed by atoms with Crippen molar-refractivity contribution >= 4 is 6.01 Å². The number of hydrogen-bond acceptors (Lipinski definition) is 6. The number of aryl methyl sites for hydroxylation is 1. The molecule has 3 aromatic rings. The third kappa shape index (κ3) is 4.03. The van der Waals surface area contributed by atoms with E-state index in [1.807, 2.05) is 30.3 Å². The van der Waals surface area contributed by atoms with E-state index < -0.39 is 0 Å². The highest BCUT2D eigenvalue weighted by molar-refractivity contribution is 5.55. The van der Waals surface area contributed by atoms with E-state index in [0.29, 0.717) is 11.8 Å². The van der Waals surface area contributed by atoms with E-state index in [-0.39, 0.29) is 0 Å². The first-order valence-electron chi connectivity index (χ1n) is 9.61. The molecule has 3 heterocycles. The van der Waals surface area contributed by atoms with E-state index in [2.05, 4.69) is 44.7 Å². The van der Waals surface area contributed by atoms with Gasteiger partial charge in [-0.15, -0.1) is 0 Å². The maximum absolute atomic E-state index is 5.56. The van der Waals surface area contributed by atoms with Crippen LogP contribution in [0.25, 0.3) is 11.4 Å². The maximum atomic E-state index is 5.56. The summed E-state index contributed by atoms with van der Waals surface area (Å²) in [4.78, 5) is 9.07. The van der Waals surface area contributed by atoms with Gasteiger partial charge in [-0.25, -0.2) is 0 Å². The summed E-state index contributed by atoms with van der Waals surface area (Å²) in [5.74, 6) is 0.630. The van der Waals surface area contributed by atoms with Crippen LogP contribution >= 0.6 is 0 Å². The van der Waals surface area contributed by atoms with Crippen LogP contribution in [-0.4, -0.2) is 45.0 Å². The predicted octanol–water partition coefficient (Wildman–Crippen LogP) is 3.19.